The second-order valence-electron chi connectivity index (χ2n) is 4.78. The Morgan fingerprint density at radius 2 is 1.90 bits per heavy atom. The number of carbonyl (C=O) groups excluding carboxylic acids is 2. The lowest BCUT2D eigenvalue weighted by molar-refractivity contribution is -0.115. The van der Waals surface area contributed by atoms with E-state index in [4.69, 9.17) is 4.74 Å². The highest BCUT2D eigenvalue weighted by molar-refractivity contribution is 7.98. The third kappa shape index (κ3) is 5.49. The molecule has 2 rings (SSSR count). The summed E-state index contributed by atoms with van der Waals surface area (Å²) in [5, 5.41) is 0. The smallest absolute Gasteiger partial charge is 0.302 e. The van der Waals surface area contributed by atoms with Crippen LogP contribution in [0.15, 0.2) is 30.3 Å². The summed E-state index contributed by atoms with van der Waals surface area (Å²) in [5.41, 5.74) is 0.420. The highest BCUT2D eigenvalue weighted by atomic mass is 32.2. The van der Waals surface area contributed by atoms with Gasteiger partial charge in [-0.05, 0) is 13.0 Å². The van der Waals surface area contributed by atoms with Crippen LogP contribution in [-0.2, 0) is 9.53 Å². The van der Waals surface area contributed by atoms with Crippen molar-refractivity contribution in [3.05, 3.63) is 35.9 Å². The molecule has 0 aromatic heterocycles. The molecule has 0 unspecified atom stereocenters. The maximum atomic E-state index is 11.8. The molecule has 1 aliphatic rings. The molecular formula is C15H20N2O3S. The first kappa shape index (κ1) is 16.0. The molecule has 1 aliphatic heterocycles. The van der Waals surface area contributed by atoms with Gasteiger partial charge in [-0.2, -0.15) is 0 Å². The van der Waals surface area contributed by atoms with E-state index in [2.05, 4.69) is 9.62 Å². The third-order valence-corrected chi connectivity index (χ3v) is 4.05. The van der Waals surface area contributed by atoms with Crippen molar-refractivity contribution in [2.45, 2.75) is 6.42 Å². The van der Waals surface area contributed by atoms with Gasteiger partial charge in [0.15, 0.2) is 0 Å². The maximum absolute atomic E-state index is 11.8. The molecule has 1 N–H and O–H groups in total. The van der Waals surface area contributed by atoms with Crippen molar-refractivity contribution < 1.29 is 14.3 Å². The summed E-state index contributed by atoms with van der Waals surface area (Å²) < 4.78 is 7.89. The standard InChI is InChI=1S/C15H20N2O3S/c18-14(13-5-2-1-3-6-13)15(19)16-21-12-4-7-17-8-10-20-11-9-17/h1-3,5-6H,4,7-12H2,(H,16,19). The molecule has 0 saturated carbocycles. The van der Waals surface area contributed by atoms with Gasteiger partial charge in [0.25, 0.3) is 5.78 Å². The summed E-state index contributed by atoms with van der Waals surface area (Å²) >= 11 is 1.29. The van der Waals surface area contributed by atoms with Gasteiger partial charge in [0, 0.05) is 24.4 Å². The zero-order valence-corrected chi connectivity index (χ0v) is 12.7. The molecule has 0 spiro atoms. The molecule has 1 amide bonds. The summed E-state index contributed by atoms with van der Waals surface area (Å²) in [5.74, 6) is -0.251. The van der Waals surface area contributed by atoms with Crippen LogP contribution >= 0.6 is 11.9 Å². The monoisotopic (exact) mass is 308 g/mol. The van der Waals surface area contributed by atoms with E-state index in [1.54, 1.807) is 24.3 Å². The van der Waals surface area contributed by atoms with E-state index in [0.29, 0.717) is 5.56 Å². The number of nitrogens with zero attached hydrogens (tertiary/aromatic N) is 1. The van der Waals surface area contributed by atoms with Gasteiger partial charge in [-0.3, -0.25) is 19.2 Å². The van der Waals surface area contributed by atoms with E-state index in [9.17, 15) is 9.59 Å². The van der Waals surface area contributed by atoms with Gasteiger partial charge >= 0.3 is 5.91 Å². The number of ether oxygens (including phenoxy) is 1. The molecule has 5 nitrogen and oxygen atoms in total. The molecule has 114 valence electrons. The third-order valence-electron chi connectivity index (χ3n) is 3.23. The number of hydrogen-bond donors (Lipinski definition) is 1. The van der Waals surface area contributed by atoms with Crippen LogP contribution in [0.4, 0.5) is 0 Å². The van der Waals surface area contributed by atoms with Gasteiger partial charge < -0.3 is 4.74 Å². The zero-order valence-electron chi connectivity index (χ0n) is 11.9. The Hall–Kier alpha value is -1.37. The van der Waals surface area contributed by atoms with Crippen LogP contribution < -0.4 is 4.72 Å². The average Bonchev–Trinajstić information content (AvgIpc) is 2.55. The number of morpholine rings is 1. The molecule has 1 aromatic rings. The summed E-state index contributed by atoms with van der Waals surface area (Å²) in [4.78, 5) is 25.9. The quantitative estimate of drug-likeness (QED) is 0.357. The van der Waals surface area contributed by atoms with E-state index in [1.165, 1.54) is 11.9 Å². The Balaban J connectivity index is 1.60. The molecule has 6 heteroatoms. The SMILES string of the molecule is O=C(NSCCCN1CCOCC1)C(=O)c1ccccc1. The molecule has 0 atom stereocenters. The summed E-state index contributed by atoms with van der Waals surface area (Å²) in [7, 11) is 0. The molecule has 1 aromatic carbocycles. The van der Waals surface area contributed by atoms with Gasteiger partial charge in [0.05, 0.1) is 13.2 Å². The van der Waals surface area contributed by atoms with Crippen molar-refractivity contribution in [2.24, 2.45) is 0 Å². The lowest BCUT2D eigenvalue weighted by Gasteiger charge is -2.26. The van der Waals surface area contributed by atoms with Crippen molar-refractivity contribution >= 4 is 23.6 Å². The van der Waals surface area contributed by atoms with Crippen LogP contribution in [0.5, 0.6) is 0 Å². The Kier molecular flexibility index (Phi) is 6.72. The van der Waals surface area contributed by atoms with Crippen molar-refractivity contribution in [1.29, 1.82) is 0 Å². The molecule has 1 heterocycles. The zero-order chi connectivity index (χ0) is 14.9. The molecule has 1 fully saturated rings. The van der Waals surface area contributed by atoms with Gasteiger partial charge in [0.1, 0.15) is 0 Å². The van der Waals surface area contributed by atoms with Gasteiger partial charge in [0.2, 0.25) is 0 Å². The predicted molar refractivity (Wildman–Crippen MR) is 83.2 cm³/mol. The number of ketones is 1. The Morgan fingerprint density at radius 3 is 2.62 bits per heavy atom. The fourth-order valence-corrected chi connectivity index (χ4v) is 2.67. The largest absolute Gasteiger partial charge is 0.379 e. The van der Waals surface area contributed by atoms with Crippen LogP contribution in [0, 0.1) is 0 Å². The number of benzene rings is 1. The molecule has 0 radical (unpaired) electrons. The number of Topliss-reactive ketones (excluding diaryl/α,β-unsaturated/α-hetero) is 1. The normalized spacial score (nSPS) is 15.6. The van der Waals surface area contributed by atoms with E-state index >= 15 is 0 Å². The highest BCUT2D eigenvalue weighted by Crippen LogP contribution is 2.04. The topological polar surface area (TPSA) is 58.6 Å². The number of rotatable bonds is 7. The van der Waals surface area contributed by atoms with Crippen LogP contribution in [0.3, 0.4) is 0 Å². The summed E-state index contributed by atoms with van der Waals surface area (Å²) in [6.45, 7) is 4.55. The number of carbonyl (C=O) groups is 2. The van der Waals surface area contributed by atoms with Crippen LogP contribution in [0.2, 0.25) is 0 Å². The lowest BCUT2D eigenvalue weighted by atomic mass is 10.1. The molecular weight excluding hydrogens is 288 g/mol. The molecule has 21 heavy (non-hydrogen) atoms. The van der Waals surface area contributed by atoms with Gasteiger partial charge in [-0.1, -0.05) is 42.3 Å². The van der Waals surface area contributed by atoms with Crippen molar-refractivity contribution in [1.82, 2.24) is 9.62 Å². The van der Waals surface area contributed by atoms with Crippen molar-refractivity contribution in [3.63, 3.8) is 0 Å². The first-order valence-electron chi connectivity index (χ1n) is 7.09. The Labute approximate surface area is 129 Å². The number of amides is 1. The minimum Gasteiger partial charge on any atom is -0.379 e. The Bertz CT molecular complexity index is 461. The minimum atomic E-state index is -0.558. The number of nitrogens with one attached hydrogen (secondary N) is 1. The van der Waals surface area contributed by atoms with Crippen LogP contribution in [0.1, 0.15) is 16.8 Å². The molecule has 0 aliphatic carbocycles. The summed E-state index contributed by atoms with van der Waals surface area (Å²) in [6.07, 6.45) is 0.977. The lowest BCUT2D eigenvalue weighted by Crippen LogP contribution is -2.37. The van der Waals surface area contributed by atoms with Gasteiger partial charge in [-0.25, -0.2) is 0 Å². The highest BCUT2D eigenvalue weighted by Gasteiger charge is 2.15. The van der Waals surface area contributed by atoms with Crippen LogP contribution in [0.25, 0.3) is 0 Å². The second kappa shape index (κ2) is 8.81. The predicted octanol–water partition coefficient (Wildman–Crippen LogP) is 1.36. The van der Waals surface area contributed by atoms with E-state index in [-0.39, 0.29) is 0 Å². The number of hydrogen-bond acceptors (Lipinski definition) is 5. The second-order valence-corrected chi connectivity index (χ2v) is 5.68. The van der Waals surface area contributed by atoms with Crippen LogP contribution in [-0.4, -0.2) is 55.2 Å². The van der Waals surface area contributed by atoms with Crippen molar-refractivity contribution in [3.8, 4) is 0 Å². The summed E-state index contributed by atoms with van der Waals surface area (Å²) in [6, 6.07) is 8.59. The van der Waals surface area contributed by atoms with Crippen molar-refractivity contribution in [2.75, 3.05) is 38.6 Å². The fraction of sp³-hybridized carbons (Fsp3) is 0.467. The Morgan fingerprint density at radius 1 is 1.19 bits per heavy atom. The minimum absolute atomic E-state index is 0.420. The first-order valence-corrected chi connectivity index (χ1v) is 8.07. The van der Waals surface area contributed by atoms with E-state index < -0.39 is 11.7 Å². The molecule has 0 bridgehead atoms. The first-order chi connectivity index (χ1) is 10.3. The van der Waals surface area contributed by atoms with E-state index in [0.717, 1.165) is 45.0 Å². The van der Waals surface area contributed by atoms with E-state index in [1.807, 2.05) is 6.07 Å². The fourth-order valence-electron chi connectivity index (χ4n) is 2.07. The average molecular weight is 308 g/mol. The molecule has 1 saturated heterocycles. The maximum Gasteiger partial charge on any atom is 0.302 e. The van der Waals surface area contributed by atoms with Gasteiger partial charge in [-0.15, -0.1) is 0 Å².